The van der Waals surface area contributed by atoms with Crippen molar-refractivity contribution in [1.29, 1.82) is 0 Å². The minimum absolute atomic E-state index is 0.000483. The molecule has 0 radical (unpaired) electrons. The van der Waals surface area contributed by atoms with Crippen molar-refractivity contribution in [2.24, 2.45) is 10.8 Å². The van der Waals surface area contributed by atoms with Gasteiger partial charge in [-0.1, -0.05) is 0 Å². The molecule has 5 aliphatic rings. The van der Waals surface area contributed by atoms with Gasteiger partial charge in [-0.3, -0.25) is 0 Å². The van der Waals surface area contributed by atoms with E-state index in [0.717, 1.165) is 56.0 Å². The molecular weight excluding hydrogens is 509 g/mol. The summed E-state index contributed by atoms with van der Waals surface area (Å²) in [6.45, 7) is 3.02. The molecule has 37 heavy (non-hydrogen) atoms. The minimum atomic E-state index is -4.52. The Hall–Kier alpha value is -2.67. The van der Waals surface area contributed by atoms with Gasteiger partial charge in [0, 0.05) is 56.0 Å². The third kappa shape index (κ3) is 3.76. The fourth-order valence-corrected chi connectivity index (χ4v) is 8.08. The molecule has 2 aliphatic carbocycles. The Morgan fingerprint density at radius 3 is 2.08 bits per heavy atom. The summed E-state index contributed by atoms with van der Waals surface area (Å²) in [4.78, 5) is 20.8. The molecule has 4 heterocycles. The van der Waals surface area contributed by atoms with Crippen molar-refractivity contribution in [3.63, 3.8) is 0 Å². The lowest BCUT2D eigenvalue weighted by Crippen LogP contribution is -2.76. The molecule has 2 saturated carbocycles. The number of urea groups is 1. The summed E-state index contributed by atoms with van der Waals surface area (Å²) in [6, 6.07) is 3.93. The monoisotopic (exact) mass is 536 g/mol. The number of amides is 2. The number of aromatic nitrogens is 3. The fourth-order valence-electron chi connectivity index (χ4n) is 6.41. The summed E-state index contributed by atoms with van der Waals surface area (Å²) in [5.74, 6) is 1.50. The molecule has 1 aromatic heterocycles. The molecular formula is C24H27F3N6O3S. The van der Waals surface area contributed by atoms with Crippen molar-refractivity contribution in [2.75, 3.05) is 39.3 Å². The number of benzene rings is 1. The lowest BCUT2D eigenvalue weighted by molar-refractivity contribution is -0.137. The number of rotatable bonds is 4. The van der Waals surface area contributed by atoms with Gasteiger partial charge in [-0.25, -0.2) is 22.9 Å². The van der Waals surface area contributed by atoms with E-state index in [2.05, 4.69) is 10.1 Å². The van der Waals surface area contributed by atoms with Crippen LogP contribution in [-0.4, -0.2) is 82.6 Å². The first-order chi connectivity index (χ1) is 17.5. The highest BCUT2D eigenvalue weighted by molar-refractivity contribution is 7.89. The molecule has 2 amide bonds. The second kappa shape index (κ2) is 7.46. The van der Waals surface area contributed by atoms with Gasteiger partial charge in [-0.2, -0.15) is 22.6 Å². The standard InChI is InChI=1S/C24H27F3N6O3S/c25-24(26,27)17-3-5-19(6-4-17)37(35,36)32-13-23(14-32)11-31(12-23)21(34)30-9-22(10-30)7-18(8-22)33-15-28-20(29-33)16-1-2-16/h3-6,15-16,18H,1-2,7-14H2. The summed E-state index contributed by atoms with van der Waals surface area (Å²) >= 11 is 0. The molecule has 0 N–H and O–H groups in total. The Balaban J connectivity index is 0.879. The number of carbonyl (C=O) groups excluding carboxylic acids is 1. The summed E-state index contributed by atoms with van der Waals surface area (Å²) in [7, 11) is -3.86. The van der Waals surface area contributed by atoms with Crippen molar-refractivity contribution >= 4 is 16.1 Å². The molecule has 0 unspecified atom stereocenters. The number of alkyl halides is 3. The molecule has 3 saturated heterocycles. The third-order valence-electron chi connectivity index (χ3n) is 8.67. The van der Waals surface area contributed by atoms with Crippen molar-refractivity contribution in [2.45, 2.75) is 48.7 Å². The van der Waals surface area contributed by atoms with Crippen LogP contribution >= 0.6 is 0 Å². The predicted molar refractivity (Wildman–Crippen MR) is 124 cm³/mol. The van der Waals surface area contributed by atoms with Gasteiger partial charge < -0.3 is 9.80 Å². The smallest absolute Gasteiger partial charge is 0.323 e. The van der Waals surface area contributed by atoms with E-state index in [-0.39, 0.29) is 34.8 Å². The lowest BCUT2D eigenvalue weighted by atomic mass is 9.60. The molecule has 13 heteroatoms. The topological polar surface area (TPSA) is 91.6 Å². The van der Waals surface area contributed by atoms with Crippen LogP contribution in [0.25, 0.3) is 0 Å². The van der Waals surface area contributed by atoms with E-state index < -0.39 is 21.8 Å². The fraction of sp³-hybridized carbons (Fsp3) is 0.625. The maximum atomic E-state index is 12.9. The van der Waals surface area contributed by atoms with Gasteiger partial charge in [-0.15, -0.1) is 0 Å². The van der Waals surface area contributed by atoms with Crippen LogP contribution in [0.2, 0.25) is 0 Å². The molecule has 0 bridgehead atoms. The van der Waals surface area contributed by atoms with Crippen LogP contribution in [0.4, 0.5) is 18.0 Å². The van der Waals surface area contributed by atoms with Gasteiger partial charge >= 0.3 is 12.2 Å². The average Bonchev–Trinajstić information content (AvgIpc) is 3.47. The van der Waals surface area contributed by atoms with E-state index in [1.54, 1.807) is 4.90 Å². The Morgan fingerprint density at radius 2 is 1.51 bits per heavy atom. The molecule has 5 fully saturated rings. The van der Waals surface area contributed by atoms with E-state index in [4.69, 9.17) is 0 Å². The molecule has 2 aromatic rings. The summed E-state index contributed by atoms with van der Waals surface area (Å²) in [6.07, 6.45) is 1.70. The van der Waals surface area contributed by atoms with E-state index in [9.17, 15) is 26.4 Å². The zero-order valence-corrected chi connectivity index (χ0v) is 20.9. The van der Waals surface area contributed by atoms with Gasteiger partial charge in [0.05, 0.1) is 16.5 Å². The summed E-state index contributed by atoms with van der Waals surface area (Å²) < 4.78 is 67.2. The van der Waals surface area contributed by atoms with Gasteiger partial charge in [0.1, 0.15) is 6.33 Å². The highest BCUT2D eigenvalue weighted by Crippen LogP contribution is 2.54. The Bertz CT molecular complexity index is 1340. The number of halogens is 3. The highest BCUT2D eigenvalue weighted by atomic mass is 32.2. The van der Waals surface area contributed by atoms with Crippen LogP contribution in [0, 0.1) is 10.8 Å². The number of likely N-dealkylation sites (tertiary alicyclic amines) is 2. The maximum Gasteiger partial charge on any atom is 0.416 e. The molecule has 198 valence electrons. The van der Waals surface area contributed by atoms with Crippen LogP contribution in [0.5, 0.6) is 0 Å². The second-order valence-corrected chi connectivity index (χ2v) is 13.6. The normalized spacial score (nSPS) is 24.9. The summed E-state index contributed by atoms with van der Waals surface area (Å²) in [5.41, 5.74) is -0.964. The van der Waals surface area contributed by atoms with Gasteiger partial charge in [-0.05, 0) is 49.9 Å². The van der Waals surface area contributed by atoms with Crippen LogP contribution in [-0.2, 0) is 16.2 Å². The van der Waals surface area contributed by atoms with Crippen LogP contribution in [0.1, 0.15) is 49.0 Å². The lowest BCUT2D eigenvalue weighted by Gasteiger charge is -2.63. The molecule has 9 nitrogen and oxygen atoms in total. The van der Waals surface area contributed by atoms with Crippen LogP contribution < -0.4 is 0 Å². The van der Waals surface area contributed by atoms with Gasteiger partial charge in [0.2, 0.25) is 10.0 Å². The third-order valence-corrected chi connectivity index (χ3v) is 10.5. The minimum Gasteiger partial charge on any atom is -0.323 e. The van der Waals surface area contributed by atoms with Crippen molar-refractivity contribution < 1.29 is 26.4 Å². The van der Waals surface area contributed by atoms with E-state index in [0.29, 0.717) is 25.0 Å². The number of hydrogen-bond donors (Lipinski definition) is 0. The first kappa shape index (κ1) is 23.4. The number of sulfonamides is 1. The number of nitrogens with zero attached hydrogens (tertiary/aromatic N) is 6. The van der Waals surface area contributed by atoms with Gasteiger partial charge in [0.15, 0.2) is 5.82 Å². The molecule has 0 atom stereocenters. The molecule has 7 rings (SSSR count). The van der Waals surface area contributed by atoms with E-state index in [1.807, 2.05) is 15.9 Å². The first-order valence-electron chi connectivity index (χ1n) is 12.6. The predicted octanol–water partition coefficient (Wildman–Crippen LogP) is 2.94. The molecule has 1 aromatic carbocycles. The Labute approximate surface area is 212 Å². The maximum absolute atomic E-state index is 12.9. The quantitative estimate of drug-likeness (QED) is 0.599. The summed E-state index contributed by atoms with van der Waals surface area (Å²) in [5, 5.41) is 4.64. The molecule has 2 spiro atoms. The van der Waals surface area contributed by atoms with Crippen molar-refractivity contribution in [1.82, 2.24) is 28.9 Å². The second-order valence-electron chi connectivity index (χ2n) is 11.7. The Kier molecular flexibility index (Phi) is 4.73. The largest absolute Gasteiger partial charge is 0.416 e. The van der Waals surface area contributed by atoms with Crippen molar-refractivity contribution in [3.8, 4) is 0 Å². The highest BCUT2D eigenvalue weighted by Gasteiger charge is 2.60. The average molecular weight is 537 g/mol. The number of carbonyl (C=O) groups is 1. The van der Waals surface area contributed by atoms with E-state index in [1.165, 1.54) is 17.1 Å². The first-order valence-corrected chi connectivity index (χ1v) is 14.0. The van der Waals surface area contributed by atoms with Gasteiger partial charge in [0.25, 0.3) is 0 Å². The zero-order chi connectivity index (χ0) is 25.8. The number of hydrogen-bond acceptors (Lipinski definition) is 5. The van der Waals surface area contributed by atoms with E-state index >= 15 is 0 Å². The van der Waals surface area contributed by atoms with Crippen LogP contribution in [0.3, 0.4) is 0 Å². The zero-order valence-electron chi connectivity index (χ0n) is 20.1. The van der Waals surface area contributed by atoms with Crippen LogP contribution in [0.15, 0.2) is 35.5 Å². The van der Waals surface area contributed by atoms with Crippen molar-refractivity contribution in [3.05, 3.63) is 42.0 Å². The SMILES string of the molecule is O=C(N1CC2(CC(n3cnc(C4CC4)n3)C2)C1)N1CC2(C1)CN(S(=O)(=O)c1ccc(C(F)(F)F)cc1)C2. The molecule has 3 aliphatic heterocycles. The Morgan fingerprint density at radius 1 is 0.919 bits per heavy atom.